The molecule has 2 amide bonds. The number of rotatable bonds is 5. The van der Waals surface area contributed by atoms with Crippen molar-refractivity contribution in [3.63, 3.8) is 0 Å². The molecule has 0 spiro atoms. The second-order valence-corrected chi connectivity index (χ2v) is 5.97. The van der Waals surface area contributed by atoms with Crippen molar-refractivity contribution in [3.8, 4) is 5.75 Å². The van der Waals surface area contributed by atoms with Crippen molar-refractivity contribution in [1.82, 2.24) is 15.5 Å². The number of carbonyl (C=O) groups excluding carboxylic acids is 2. The SMILES string of the molecule is COc1ccc(CNC(=O)CC2CN(C(C)=O)CCN2)cc1Cl. The van der Waals surface area contributed by atoms with Gasteiger partial charge < -0.3 is 20.3 Å². The van der Waals surface area contributed by atoms with E-state index in [2.05, 4.69) is 10.6 Å². The molecule has 6 nitrogen and oxygen atoms in total. The van der Waals surface area contributed by atoms with Crippen LogP contribution in [0.1, 0.15) is 18.9 Å². The molecule has 0 aromatic heterocycles. The molecule has 0 bridgehead atoms. The van der Waals surface area contributed by atoms with Crippen LogP contribution in [0.2, 0.25) is 5.02 Å². The maximum absolute atomic E-state index is 12.1. The Balaban J connectivity index is 1.81. The molecule has 0 radical (unpaired) electrons. The van der Waals surface area contributed by atoms with Gasteiger partial charge in [-0.05, 0) is 17.7 Å². The molecule has 2 rings (SSSR count). The molecule has 1 aromatic rings. The maximum Gasteiger partial charge on any atom is 0.221 e. The standard InChI is InChI=1S/C16H22ClN3O3/c1-11(21)20-6-5-18-13(10-20)8-16(22)19-9-12-3-4-15(23-2)14(17)7-12/h3-4,7,13,18H,5-6,8-10H2,1-2H3,(H,19,22). The molecule has 126 valence electrons. The van der Waals surface area contributed by atoms with Crippen LogP contribution in [0.5, 0.6) is 5.75 Å². The van der Waals surface area contributed by atoms with E-state index in [1.54, 1.807) is 31.1 Å². The average Bonchev–Trinajstić information content (AvgIpc) is 2.53. The highest BCUT2D eigenvalue weighted by atomic mass is 35.5. The third-order valence-corrected chi connectivity index (χ3v) is 4.13. The summed E-state index contributed by atoms with van der Waals surface area (Å²) in [4.78, 5) is 25.2. The summed E-state index contributed by atoms with van der Waals surface area (Å²) < 4.78 is 5.10. The van der Waals surface area contributed by atoms with E-state index in [0.717, 1.165) is 5.56 Å². The summed E-state index contributed by atoms with van der Waals surface area (Å²) in [7, 11) is 1.56. The lowest BCUT2D eigenvalue weighted by Crippen LogP contribution is -2.53. The summed E-state index contributed by atoms with van der Waals surface area (Å²) in [6.45, 7) is 3.93. The van der Waals surface area contributed by atoms with Gasteiger partial charge in [0.2, 0.25) is 11.8 Å². The number of benzene rings is 1. The number of piperazine rings is 1. The minimum absolute atomic E-state index is 0.00731. The van der Waals surface area contributed by atoms with Crippen molar-refractivity contribution in [2.45, 2.75) is 25.9 Å². The molecule has 0 saturated carbocycles. The lowest BCUT2D eigenvalue weighted by atomic mass is 10.1. The van der Waals surface area contributed by atoms with Crippen LogP contribution in [0.25, 0.3) is 0 Å². The number of hydrogen-bond donors (Lipinski definition) is 2. The number of methoxy groups -OCH3 is 1. The number of amides is 2. The van der Waals surface area contributed by atoms with Gasteiger partial charge in [0, 0.05) is 45.6 Å². The Hall–Kier alpha value is -1.79. The Morgan fingerprint density at radius 2 is 2.26 bits per heavy atom. The summed E-state index contributed by atoms with van der Waals surface area (Å²) in [5, 5.41) is 6.66. The van der Waals surface area contributed by atoms with E-state index in [4.69, 9.17) is 16.3 Å². The van der Waals surface area contributed by atoms with Gasteiger partial charge in [-0.1, -0.05) is 17.7 Å². The molecule has 1 aliphatic heterocycles. The number of halogens is 1. The van der Waals surface area contributed by atoms with Crippen LogP contribution in [-0.4, -0.2) is 49.5 Å². The molecule has 1 heterocycles. The zero-order valence-corrected chi connectivity index (χ0v) is 14.2. The second-order valence-electron chi connectivity index (χ2n) is 5.57. The van der Waals surface area contributed by atoms with Crippen LogP contribution in [0.4, 0.5) is 0 Å². The molecule has 1 fully saturated rings. The first kappa shape index (κ1) is 17.6. The quantitative estimate of drug-likeness (QED) is 0.845. The molecular weight excluding hydrogens is 318 g/mol. The minimum atomic E-state index is -0.0557. The van der Waals surface area contributed by atoms with E-state index in [1.807, 2.05) is 6.07 Å². The van der Waals surface area contributed by atoms with E-state index in [0.29, 0.717) is 43.4 Å². The molecule has 23 heavy (non-hydrogen) atoms. The van der Waals surface area contributed by atoms with Gasteiger partial charge in [0.1, 0.15) is 5.75 Å². The lowest BCUT2D eigenvalue weighted by Gasteiger charge is -2.32. The summed E-state index contributed by atoms with van der Waals surface area (Å²) >= 11 is 6.06. The number of ether oxygens (including phenoxy) is 1. The first-order valence-corrected chi connectivity index (χ1v) is 7.95. The van der Waals surface area contributed by atoms with Crippen LogP contribution < -0.4 is 15.4 Å². The molecule has 1 aromatic carbocycles. The fourth-order valence-electron chi connectivity index (χ4n) is 2.56. The predicted octanol–water partition coefficient (Wildman–Crippen LogP) is 1.18. The second kappa shape index (κ2) is 8.17. The van der Waals surface area contributed by atoms with E-state index in [1.165, 1.54) is 0 Å². The van der Waals surface area contributed by atoms with Crippen molar-refractivity contribution < 1.29 is 14.3 Å². The van der Waals surface area contributed by atoms with E-state index in [-0.39, 0.29) is 17.9 Å². The van der Waals surface area contributed by atoms with Gasteiger partial charge in [-0.2, -0.15) is 0 Å². The van der Waals surface area contributed by atoms with Crippen molar-refractivity contribution in [2.24, 2.45) is 0 Å². The highest BCUT2D eigenvalue weighted by molar-refractivity contribution is 6.32. The summed E-state index contributed by atoms with van der Waals surface area (Å²) in [5.41, 5.74) is 0.908. The molecule has 1 saturated heterocycles. The molecule has 1 aliphatic rings. The first-order chi connectivity index (χ1) is 11.0. The Kier molecular flexibility index (Phi) is 6.24. The molecule has 0 aliphatic carbocycles. The zero-order chi connectivity index (χ0) is 16.8. The summed E-state index contributed by atoms with van der Waals surface area (Å²) in [6.07, 6.45) is 0.341. The Labute approximate surface area is 141 Å². The minimum Gasteiger partial charge on any atom is -0.495 e. The summed E-state index contributed by atoms with van der Waals surface area (Å²) in [5.74, 6) is 0.599. The topological polar surface area (TPSA) is 70.7 Å². The monoisotopic (exact) mass is 339 g/mol. The van der Waals surface area contributed by atoms with Crippen molar-refractivity contribution in [1.29, 1.82) is 0 Å². The predicted molar refractivity (Wildman–Crippen MR) is 88.5 cm³/mol. The van der Waals surface area contributed by atoms with Gasteiger partial charge in [0.15, 0.2) is 0 Å². The van der Waals surface area contributed by atoms with Crippen molar-refractivity contribution in [2.75, 3.05) is 26.7 Å². The average molecular weight is 340 g/mol. The Morgan fingerprint density at radius 1 is 1.48 bits per heavy atom. The number of nitrogens with zero attached hydrogens (tertiary/aromatic N) is 1. The van der Waals surface area contributed by atoms with Gasteiger partial charge in [-0.15, -0.1) is 0 Å². The third-order valence-electron chi connectivity index (χ3n) is 3.84. The van der Waals surface area contributed by atoms with Gasteiger partial charge in [0.25, 0.3) is 0 Å². The molecule has 1 unspecified atom stereocenters. The fraction of sp³-hybridized carbons (Fsp3) is 0.500. The van der Waals surface area contributed by atoms with Crippen LogP contribution in [0, 0.1) is 0 Å². The number of nitrogens with one attached hydrogen (secondary N) is 2. The maximum atomic E-state index is 12.1. The fourth-order valence-corrected chi connectivity index (χ4v) is 2.84. The summed E-state index contributed by atoms with van der Waals surface area (Å²) in [6, 6.07) is 5.40. The van der Waals surface area contributed by atoms with Crippen molar-refractivity contribution >= 4 is 23.4 Å². The van der Waals surface area contributed by atoms with Gasteiger partial charge in [-0.3, -0.25) is 9.59 Å². The van der Waals surface area contributed by atoms with Crippen LogP contribution in [-0.2, 0) is 16.1 Å². The van der Waals surface area contributed by atoms with Gasteiger partial charge >= 0.3 is 0 Å². The van der Waals surface area contributed by atoms with Crippen LogP contribution in [0.3, 0.4) is 0 Å². The normalized spacial score (nSPS) is 17.7. The van der Waals surface area contributed by atoms with Crippen LogP contribution in [0.15, 0.2) is 18.2 Å². The molecule has 7 heteroatoms. The lowest BCUT2D eigenvalue weighted by molar-refractivity contribution is -0.131. The Morgan fingerprint density at radius 3 is 2.91 bits per heavy atom. The number of hydrogen-bond acceptors (Lipinski definition) is 4. The van der Waals surface area contributed by atoms with E-state index in [9.17, 15) is 9.59 Å². The van der Waals surface area contributed by atoms with E-state index >= 15 is 0 Å². The van der Waals surface area contributed by atoms with Gasteiger partial charge in [-0.25, -0.2) is 0 Å². The van der Waals surface area contributed by atoms with E-state index < -0.39 is 0 Å². The number of carbonyl (C=O) groups is 2. The molecule has 1 atom stereocenters. The molecule has 2 N–H and O–H groups in total. The highest BCUT2D eigenvalue weighted by Gasteiger charge is 2.22. The van der Waals surface area contributed by atoms with Gasteiger partial charge in [0.05, 0.1) is 12.1 Å². The highest BCUT2D eigenvalue weighted by Crippen LogP contribution is 2.24. The largest absolute Gasteiger partial charge is 0.495 e. The zero-order valence-electron chi connectivity index (χ0n) is 13.4. The smallest absolute Gasteiger partial charge is 0.221 e. The molecular formula is C16H22ClN3O3. The van der Waals surface area contributed by atoms with Crippen molar-refractivity contribution in [3.05, 3.63) is 28.8 Å². The van der Waals surface area contributed by atoms with Crippen LogP contribution >= 0.6 is 11.6 Å². The first-order valence-electron chi connectivity index (χ1n) is 7.57. The Bertz CT molecular complexity index is 580. The third kappa shape index (κ3) is 5.11.